The van der Waals surface area contributed by atoms with Gasteiger partial charge in [-0.15, -0.1) is 0 Å². The molecule has 0 aliphatic heterocycles. The van der Waals surface area contributed by atoms with Gasteiger partial charge in [0, 0.05) is 0 Å². The third-order valence-electron chi connectivity index (χ3n) is 2.95. The summed E-state index contributed by atoms with van der Waals surface area (Å²) in [5.74, 6) is 0. The van der Waals surface area contributed by atoms with Crippen LogP contribution in [0, 0.1) is 12.3 Å². The van der Waals surface area contributed by atoms with Gasteiger partial charge in [0.2, 0.25) is 0 Å². The van der Waals surface area contributed by atoms with Crippen molar-refractivity contribution in [1.29, 1.82) is 0 Å². The highest BCUT2D eigenvalue weighted by molar-refractivity contribution is 5.20. The van der Waals surface area contributed by atoms with Crippen molar-refractivity contribution in [3.8, 4) is 0 Å². The lowest BCUT2D eigenvalue weighted by Crippen LogP contribution is -2.18. The topological polar surface area (TPSA) is 0 Å². The minimum absolute atomic E-state index is 0.0582. The number of hydrogen-bond acceptors (Lipinski definition) is 0. The van der Waals surface area contributed by atoms with Gasteiger partial charge in [-0.05, 0) is 36.3 Å². The fraction of sp³-hybridized carbons (Fsp3) is 0.235. The normalized spacial score (nSPS) is 11.4. The minimum Gasteiger partial charge on any atom is -0.0622 e. The Hall–Kier alpha value is -1.56. The van der Waals surface area contributed by atoms with E-state index in [1.807, 2.05) is 0 Å². The first-order valence-corrected chi connectivity index (χ1v) is 6.09. The van der Waals surface area contributed by atoms with Crippen molar-refractivity contribution in [1.82, 2.24) is 0 Å². The maximum absolute atomic E-state index is 4.36. The van der Waals surface area contributed by atoms with Gasteiger partial charge in [-0.2, -0.15) is 0 Å². The third kappa shape index (κ3) is 3.74. The number of hydrogen-bond donors (Lipinski definition) is 0. The molecule has 0 saturated carbocycles. The van der Waals surface area contributed by atoms with Gasteiger partial charge in [0.1, 0.15) is 0 Å². The molecule has 0 bridgehead atoms. The van der Waals surface area contributed by atoms with E-state index < -0.39 is 0 Å². The monoisotopic (exact) mass is 223 g/mol. The van der Waals surface area contributed by atoms with Crippen LogP contribution in [0.5, 0.6) is 0 Å². The molecule has 0 amide bonds. The Kier molecular flexibility index (Phi) is 3.63. The Morgan fingerprint density at radius 2 is 1.12 bits per heavy atom. The van der Waals surface area contributed by atoms with Gasteiger partial charge in [-0.3, -0.25) is 0 Å². The standard InChI is InChI=1S/C17H19/c1-17(2,13-15-9-5-3-6-10-15)14-16-11-7-4-8-12-16/h3-12H,1,13-14H2,2H3. The van der Waals surface area contributed by atoms with Gasteiger partial charge in [-0.25, -0.2) is 0 Å². The van der Waals surface area contributed by atoms with E-state index in [0.717, 1.165) is 12.8 Å². The van der Waals surface area contributed by atoms with E-state index >= 15 is 0 Å². The fourth-order valence-corrected chi connectivity index (χ4v) is 2.24. The summed E-state index contributed by atoms with van der Waals surface area (Å²) in [6, 6.07) is 21.2. The van der Waals surface area contributed by atoms with E-state index in [-0.39, 0.29) is 5.41 Å². The molecule has 0 aromatic heterocycles. The molecule has 0 aliphatic rings. The Morgan fingerprint density at radius 1 is 0.765 bits per heavy atom. The van der Waals surface area contributed by atoms with E-state index in [9.17, 15) is 0 Å². The van der Waals surface area contributed by atoms with Crippen LogP contribution in [0.4, 0.5) is 0 Å². The maximum Gasteiger partial charge on any atom is -0.0221 e. The van der Waals surface area contributed by atoms with E-state index in [1.165, 1.54) is 11.1 Å². The largest absolute Gasteiger partial charge is 0.0622 e. The molecule has 0 unspecified atom stereocenters. The van der Waals surface area contributed by atoms with Crippen molar-refractivity contribution in [2.75, 3.05) is 0 Å². The van der Waals surface area contributed by atoms with Crippen LogP contribution in [0.3, 0.4) is 0 Å². The second kappa shape index (κ2) is 5.18. The van der Waals surface area contributed by atoms with Crippen molar-refractivity contribution in [2.24, 2.45) is 5.41 Å². The third-order valence-corrected chi connectivity index (χ3v) is 2.95. The van der Waals surface area contributed by atoms with Crippen LogP contribution in [-0.4, -0.2) is 0 Å². The average Bonchev–Trinajstić information content (AvgIpc) is 2.30. The fourth-order valence-electron chi connectivity index (χ4n) is 2.24. The van der Waals surface area contributed by atoms with Crippen molar-refractivity contribution in [3.63, 3.8) is 0 Å². The maximum atomic E-state index is 4.36. The van der Waals surface area contributed by atoms with Crippen LogP contribution in [-0.2, 0) is 12.8 Å². The van der Waals surface area contributed by atoms with Gasteiger partial charge < -0.3 is 0 Å². The second-order valence-corrected chi connectivity index (χ2v) is 5.14. The quantitative estimate of drug-likeness (QED) is 0.724. The molecule has 2 aromatic rings. The smallest absolute Gasteiger partial charge is 0.0221 e. The molecule has 0 nitrogen and oxygen atoms in total. The molecular weight excluding hydrogens is 204 g/mol. The highest BCUT2D eigenvalue weighted by Crippen LogP contribution is 2.26. The first-order valence-electron chi connectivity index (χ1n) is 6.09. The summed E-state index contributed by atoms with van der Waals surface area (Å²) in [6.07, 6.45) is 2.03. The first kappa shape index (κ1) is 11.9. The summed E-state index contributed by atoms with van der Waals surface area (Å²) >= 11 is 0. The van der Waals surface area contributed by atoms with E-state index in [1.54, 1.807) is 0 Å². The zero-order valence-corrected chi connectivity index (χ0v) is 10.4. The molecule has 0 spiro atoms. The molecular formula is C17H19. The second-order valence-electron chi connectivity index (χ2n) is 5.14. The van der Waals surface area contributed by atoms with Gasteiger partial charge >= 0.3 is 0 Å². The summed E-state index contributed by atoms with van der Waals surface area (Å²) in [5, 5.41) is 0. The van der Waals surface area contributed by atoms with E-state index in [0.29, 0.717) is 0 Å². The Bertz CT molecular complexity index is 396. The molecule has 0 N–H and O–H groups in total. The lowest BCUT2D eigenvalue weighted by atomic mass is 9.80. The van der Waals surface area contributed by atoms with Crippen molar-refractivity contribution < 1.29 is 0 Å². The molecule has 1 radical (unpaired) electrons. The van der Waals surface area contributed by atoms with Gasteiger partial charge in [0.15, 0.2) is 0 Å². The van der Waals surface area contributed by atoms with E-state index in [2.05, 4.69) is 74.5 Å². The average molecular weight is 223 g/mol. The van der Waals surface area contributed by atoms with Crippen LogP contribution in [0.1, 0.15) is 18.1 Å². The Balaban J connectivity index is 2.04. The van der Waals surface area contributed by atoms with Crippen LogP contribution < -0.4 is 0 Å². The summed E-state index contributed by atoms with van der Waals surface area (Å²) in [4.78, 5) is 0. The van der Waals surface area contributed by atoms with Crippen LogP contribution in [0.15, 0.2) is 60.7 Å². The molecule has 2 aromatic carbocycles. The van der Waals surface area contributed by atoms with Crippen molar-refractivity contribution >= 4 is 0 Å². The molecule has 0 saturated heterocycles. The highest BCUT2D eigenvalue weighted by atomic mass is 14.2. The predicted octanol–water partition coefficient (Wildman–Crippen LogP) is 4.31. The Labute approximate surface area is 104 Å². The molecule has 2 rings (SSSR count). The molecule has 17 heavy (non-hydrogen) atoms. The number of benzene rings is 2. The molecule has 0 aliphatic carbocycles. The van der Waals surface area contributed by atoms with Crippen LogP contribution in [0.2, 0.25) is 0 Å². The molecule has 0 heterocycles. The summed E-state index contributed by atoms with van der Waals surface area (Å²) in [5.41, 5.74) is 2.78. The highest BCUT2D eigenvalue weighted by Gasteiger charge is 2.18. The number of rotatable bonds is 4. The summed E-state index contributed by atoms with van der Waals surface area (Å²) in [6.45, 7) is 6.59. The molecule has 87 valence electrons. The minimum atomic E-state index is 0.0582. The van der Waals surface area contributed by atoms with Gasteiger partial charge in [0.25, 0.3) is 0 Å². The zero-order chi connectivity index (χ0) is 12.1. The molecule has 0 atom stereocenters. The lowest BCUT2D eigenvalue weighted by Gasteiger charge is -2.24. The SMILES string of the molecule is [CH2]C(C)(Cc1ccccc1)Cc1ccccc1. The van der Waals surface area contributed by atoms with Crippen LogP contribution >= 0.6 is 0 Å². The predicted molar refractivity (Wildman–Crippen MR) is 73.8 cm³/mol. The summed E-state index contributed by atoms with van der Waals surface area (Å²) in [7, 11) is 0. The summed E-state index contributed by atoms with van der Waals surface area (Å²) < 4.78 is 0. The van der Waals surface area contributed by atoms with Gasteiger partial charge in [-0.1, -0.05) is 67.6 Å². The van der Waals surface area contributed by atoms with Gasteiger partial charge in [0.05, 0.1) is 0 Å². The molecule has 0 fully saturated rings. The Morgan fingerprint density at radius 3 is 1.47 bits per heavy atom. The van der Waals surface area contributed by atoms with Crippen molar-refractivity contribution in [3.05, 3.63) is 78.7 Å². The first-order chi connectivity index (χ1) is 8.16. The molecule has 0 heteroatoms. The van der Waals surface area contributed by atoms with Crippen molar-refractivity contribution in [2.45, 2.75) is 19.8 Å². The lowest BCUT2D eigenvalue weighted by molar-refractivity contribution is 0.417. The zero-order valence-electron chi connectivity index (χ0n) is 10.4. The van der Waals surface area contributed by atoms with E-state index in [4.69, 9.17) is 0 Å². The van der Waals surface area contributed by atoms with Crippen LogP contribution in [0.25, 0.3) is 0 Å².